The summed E-state index contributed by atoms with van der Waals surface area (Å²) in [7, 11) is 0. The van der Waals surface area contributed by atoms with E-state index in [0.717, 1.165) is 16.6 Å². The second-order valence-electron chi connectivity index (χ2n) is 4.13. The van der Waals surface area contributed by atoms with Gasteiger partial charge in [0.25, 0.3) is 5.56 Å². The van der Waals surface area contributed by atoms with Gasteiger partial charge in [0.1, 0.15) is 6.61 Å². The van der Waals surface area contributed by atoms with Crippen LogP contribution in [0.25, 0.3) is 0 Å². The van der Waals surface area contributed by atoms with E-state index in [1.54, 1.807) is 12.1 Å². The first-order chi connectivity index (χ1) is 9.20. The van der Waals surface area contributed by atoms with Gasteiger partial charge in [-0.2, -0.15) is 0 Å². The largest absolute Gasteiger partial charge is 0.444 e. The summed E-state index contributed by atoms with van der Waals surface area (Å²) in [6.07, 6.45) is 1.70. The fraction of sp³-hybridized carbons (Fsp3) is 0.200. The van der Waals surface area contributed by atoms with Crippen molar-refractivity contribution in [2.45, 2.75) is 20.0 Å². The van der Waals surface area contributed by atoms with Gasteiger partial charge >= 0.3 is 6.09 Å². The summed E-state index contributed by atoms with van der Waals surface area (Å²) in [4.78, 5) is 23.1. The Labute approximate surface area is 111 Å². The lowest BCUT2D eigenvalue weighted by Gasteiger charge is -2.06. The molecule has 0 amide bonds. The van der Waals surface area contributed by atoms with Gasteiger partial charge in [-0.1, -0.05) is 37.3 Å². The number of aromatic nitrogens is 1. The number of nitrogens with zero attached hydrogens (tertiary/aromatic N) is 1. The van der Waals surface area contributed by atoms with Crippen molar-refractivity contribution in [3.05, 3.63) is 70.1 Å². The van der Waals surface area contributed by atoms with E-state index < -0.39 is 11.7 Å². The van der Waals surface area contributed by atoms with Gasteiger partial charge in [0.2, 0.25) is 0 Å². The molecule has 0 radical (unpaired) electrons. The van der Waals surface area contributed by atoms with Gasteiger partial charge in [-0.05, 0) is 23.6 Å². The highest BCUT2D eigenvalue weighted by atomic mass is 16.5. The molecular weight excluding hydrogens is 242 g/mol. The Morgan fingerprint density at radius 2 is 1.79 bits per heavy atom. The molecule has 0 bridgehead atoms. The van der Waals surface area contributed by atoms with Gasteiger partial charge in [0.15, 0.2) is 0 Å². The van der Waals surface area contributed by atoms with Gasteiger partial charge in [0.05, 0.1) is 0 Å². The van der Waals surface area contributed by atoms with Crippen LogP contribution in [0.2, 0.25) is 0 Å². The summed E-state index contributed by atoms with van der Waals surface area (Å²) in [5.74, 6) is 0. The van der Waals surface area contributed by atoms with E-state index in [-0.39, 0.29) is 6.61 Å². The number of hydrogen-bond donors (Lipinski definition) is 0. The predicted molar refractivity (Wildman–Crippen MR) is 72.1 cm³/mol. The molecule has 2 aromatic rings. The molecule has 1 heterocycles. The Morgan fingerprint density at radius 3 is 2.42 bits per heavy atom. The number of pyridine rings is 1. The number of aryl methyl sites for hydroxylation is 1. The van der Waals surface area contributed by atoms with E-state index in [0.29, 0.717) is 0 Å². The minimum Gasteiger partial charge on any atom is -0.444 e. The van der Waals surface area contributed by atoms with Crippen LogP contribution in [-0.4, -0.2) is 10.7 Å². The van der Waals surface area contributed by atoms with Crippen molar-refractivity contribution in [2.75, 3.05) is 0 Å². The smallest absolute Gasteiger partial charge is 0.421 e. The van der Waals surface area contributed by atoms with Crippen LogP contribution in [0.4, 0.5) is 4.79 Å². The average molecular weight is 257 g/mol. The maximum atomic E-state index is 11.7. The minimum absolute atomic E-state index is 0.157. The number of carbonyl (C=O) groups is 1. The Kier molecular flexibility index (Phi) is 4.13. The molecule has 4 heteroatoms. The molecule has 0 saturated heterocycles. The van der Waals surface area contributed by atoms with Crippen molar-refractivity contribution >= 4 is 6.09 Å². The van der Waals surface area contributed by atoms with Crippen LogP contribution in [0.1, 0.15) is 18.1 Å². The Balaban J connectivity index is 2.00. The molecule has 1 aromatic heterocycles. The average Bonchev–Trinajstić information content (AvgIpc) is 2.46. The van der Waals surface area contributed by atoms with E-state index >= 15 is 0 Å². The Hall–Kier alpha value is -2.36. The molecule has 0 N–H and O–H groups in total. The van der Waals surface area contributed by atoms with Gasteiger partial charge in [-0.25, -0.2) is 9.36 Å². The standard InChI is InChI=1S/C15H15NO3/c1-2-12-6-8-13(9-7-12)11-19-15(18)16-10-4-3-5-14(16)17/h3-10H,2,11H2,1H3. The molecule has 0 aliphatic heterocycles. The summed E-state index contributed by atoms with van der Waals surface area (Å²) in [5, 5.41) is 0. The molecule has 0 aliphatic carbocycles. The van der Waals surface area contributed by atoms with Gasteiger partial charge in [-0.15, -0.1) is 0 Å². The molecular formula is C15H15NO3. The fourth-order valence-electron chi connectivity index (χ4n) is 1.66. The first-order valence-electron chi connectivity index (χ1n) is 6.13. The zero-order chi connectivity index (χ0) is 13.7. The number of rotatable bonds is 3. The minimum atomic E-state index is -0.662. The molecule has 2 rings (SSSR count). The van der Waals surface area contributed by atoms with Crippen molar-refractivity contribution in [1.29, 1.82) is 0 Å². The van der Waals surface area contributed by atoms with Crippen molar-refractivity contribution in [3.8, 4) is 0 Å². The molecule has 0 unspecified atom stereocenters. The van der Waals surface area contributed by atoms with E-state index in [2.05, 4.69) is 6.92 Å². The van der Waals surface area contributed by atoms with E-state index in [9.17, 15) is 9.59 Å². The number of carbonyl (C=O) groups excluding carboxylic acids is 1. The highest BCUT2D eigenvalue weighted by Crippen LogP contribution is 2.06. The third-order valence-electron chi connectivity index (χ3n) is 2.81. The summed E-state index contributed by atoms with van der Waals surface area (Å²) in [6.45, 7) is 2.24. The van der Waals surface area contributed by atoms with Crippen LogP contribution < -0.4 is 5.56 Å². The van der Waals surface area contributed by atoms with Crippen LogP contribution in [0, 0.1) is 0 Å². The lowest BCUT2D eigenvalue weighted by Crippen LogP contribution is -2.26. The van der Waals surface area contributed by atoms with Crippen molar-refractivity contribution < 1.29 is 9.53 Å². The fourth-order valence-corrected chi connectivity index (χ4v) is 1.66. The number of hydrogen-bond acceptors (Lipinski definition) is 3. The molecule has 0 atom stereocenters. The molecule has 0 aliphatic rings. The Bertz CT molecular complexity index is 614. The molecule has 98 valence electrons. The molecule has 4 nitrogen and oxygen atoms in total. The highest BCUT2D eigenvalue weighted by Gasteiger charge is 2.07. The second-order valence-corrected chi connectivity index (χ2v) is 4.13. The number of ether oxygens (including phenoxy) is 1. The van der Waals surface area contributed by atoms with Crippen molar-refractivity contribution in [1.82, 2.24) is 4.57 Å². The maximum absolute atomic E-state index is 11.7. The van der Waals surface area contributed by atoms with E-state index in [1.807, 2.05) is 24.3 Å². The normalized spacial score (nSPS) is 10.2. The monoisotopic (exact) mass is 257 g/mol. The SMILES string of the molecule is CCc1ccc(COC(=O)n2ccccc2=O)cc1. The van der Waals surface area contributed by atoms with Gasteiger partial charge < -0.3 is 4.74 Å². The second kappa shape index (κ2) is 6.00. The highest BCUT2D eigenvalue weighted by molar-refractivity contribution is 5.70. The molecule has 0 saturated carbocycles. The van der Waals surface area contributed by atoms with Gasteiger partial charge in [0, 0.05) is 12.3 Å². The number of benzene rings is 1. The van der Waals surface area contributed by atoms with Crippen LogP contribution in [0.3, 0.4) is 0 Å². The molecule has 0 fully saturated rings. The third kappa shape index (κ3) is 3.31. The summed E-state index contributed by atoms with van der Waals surface area (Å²) in [5.41, 5.74) is 1.73. The third-order valence-corrected chi connectivity index (χ3v) is 2.81. The molecule has 1 aromatic carbocycles. The zero-order valence-corrected chi connectivity index (χ0v) is 10.7. The molecule has 0 spiro atoms. The van der Waals surface area contributed by atoms with Crippen LogP contribution in [0.15, 0.2) is 53.5 Å². The van der Waals surface area contributed by atoms with Crippen LogP contribution in [0.5, 0.6) is 0 Å². The summed E-state index contributed by atoms with van der Waals surface area (Å²) in [6, 6.07) is 12.3. The topological polar surface area (TPSA) is 48.3 Å². The first kappa shape index (κ1) is 13.1. The van der Waals surface area contributed by atoms with E-state index in [4.69, 9.17) is 4.74 Å². The maximum Gasteiger partial charge on any atom is 0.421 e. The van der Waals surface area contributed by atoms with Crippen molar-refractivity contribution in [2.24, 2.45) is 0 Å². The van der Waals surface area contributed by atoms with Crippen molar-refractivity contribution in [3.63, 3.8) is 0 Å². The summed E-state index contributed by atoms with van der Waals surface area (Å²) >= 11 is 0. The lowest BCUT2D eigenvalue weighted by atomic mass is 10.1. The predicted octanol–water partition coefficient (Wildman–Crippen LogP) is 2.60. The van der Waals surface area contributed by atoms with E-state index in [1.165, 1.54) is 17.8 Å². The zero-order valence-electron chi connectivity index (χ0n) is 10.7. The van der Waals surface area contributed by atoms with Gasteiger partial charge in [-0.3, -0.25) is 4.79 Å². The quantitative estimate of drug-likeness (QED) is 0.849. The first-order valence-corrected chi connectivity index (χ1v) is 6.13. The molecule has 19 heavy (non-hydrogen) atoms. The van der Waals surface area contributed by atoms with Crippen LogP contribution in [-0.2, 0) is 17.8 Å². The van der Waals surface area contributed by atoms with Crippen LogP contribution >= 0.6 is 0 Å². The summed E-state index contributed by atoms with van der Waals surface area (Å²) < 4.78 is 6.04. The Morgan fingerprint density at radius 1 is 1.11 bits per heavy atom. The lowest BCUT2D eigenvalue weighted by molar-refractivity contribution is 0.140.